The molecule has 0 aromatic rings. The number of likely N-dealkylation sites (N-methyl/N-ethyl adjacent to an activating group) is 1. The fourth-order valence-electron chi connectivity index (χ4n) is 2.26. The number of piperidine rings is 1. The minimum absolute atomic E-state index is 0.273. The maximum atomic E-state index is 11.5. The van der Waals surface area contributed by atoms with Crippen LogP contribution in [0.5, 0.6) is 0 Å². The molecular weight excluding hydrogens is 214 g/mol. The van der Waals surface area contributed by atoms with Crippen molar-refractivity contribution in [3.05, 3.63) is 0 Å². The lowest BCUT2D eigenvalue weighted by atomic mass is 10.0. The van der Waals surface area contributed by atoms with E-state index in [4.69, 9.17) is 0 Å². The zero-order chi connectivity index (χ0) is 12.7. The van der Waals surface area contributed by atoms with Gasteiger partial charge in [0.2, 0.25) is 5.91 Å². The molecule has 17 heavy (non-hydrogen) atoms. The number of hydrogen-bond donors (Lipinski definition) is 1. The van der Waals surface area contributed by atoms with E-state index < -0.39 is 0 Å². The van der Waals surface area contributed by atoms with Crippen LogP contribution in [0.4, 0.5) is 0 Å². The molecule has 2 aliphatic heterocycles. The highest BCUT2D eigenvalue weighted by atomic mass is 16.2. The molecular formula is C13H27N3O. The van der Waals surface area contributed by atoms with Gasteiger partial charge in [-0.1, -0.05) is 20.3 Å². The third kappa shape index (κ3) is 4.64. The lowest BCUT2D eigenvalue weighted by Crippen LogP contribution is -2.54. The highest BCUT2D eigenvalue weighted by Crippen LogP contribution is 2.14. The molecule has 2 saturated heterocycles. The van der Waals surface area contributed by atoms with Crippen molar-refractivity contribution in [3.8, 4) is 0 Å². The van der Waals surface area contributed by atoms with Crippen LogP contribution in [-0.2, 0) is 4.79 Å². The molecule has 0 saturated carbocycles. The highest BCUT2D eigenvalue weighted by Gasteiger charge is 2.27. The van der Waals surface area contributed by atoms with Gasteiger partial charge in [-0.25, -0.2) is 0 Å². The van der Waals surface area contributed by atoms with E-state index in [0.717, 1.165) is 26.2 Å². The summed E-state index contributed by atoms with van der Waals surface area (Å²) in [5.41, 5.74) is 0. The van der Waals surface area contributed by atoms with Crippen molar-refractivity contribution in [2.75, 3.05) is 39.8 Å². The van der Waals surface area contributed by atoms with Crippen molar-refractivity contribution >= 4 is 5.91 Å². The fourth-order valence-corrected chi connectivity index (χ4v) is 2.26. The Bertz CT molecular complexity index is 227. The molecule has 100 valence electrons. The third-order valence-corrected chi connectivity index (χ3v) is 3.31. The molecule has 0 unspecified atom stereocenters. The molecule has 0 aromatic carbocycles. The average molecular weight is 241 g/mol. The predicted molar refractivity (Wildman–Crippen MR) is 71.1 cm³/mol. The van der Waals surface area contributed by atoms with Crippen LogP contribution in [0.25, 0.3) is 0 Å². The summed E-state index contributed by atoms with van der Waals surface area (Å²) in [7, 11) is 1.89. The van der Waals surface area contributed by atoms with Gasteiger partial charge in [-0.15, -0.1) is 0 Å². The van der Waals surface area contributed by atoms with Gasteiger partial charge in [0.15, 0.2) is 0 Å². The Balaban J connectivity index is 0.000000437. The summed E-state index contributed by atoms with van der Waals surface area (Å²) in [6.07, 6.45) is 3.63. The summed E-state index contributed by atoms with van der Waals surface area (Å²) in [6, 6.07) is 0.633. The second-order valence-electron chi connectivity index (χ2n) is 4.97. The summed E-state index contributed by atoms with van der Waals surface area (Å²) in [5, 5.41) is 3.35. The van der Waals surface area contributed by atoms with Crippen LogP contribution in [-0.4, -0.2) is 61.5 Å². The summed E-state index contributed by atoms with van der Waals surface area (Å²) in [6.45, 7) is 9.02. The monoisotopic (exact) mass is 241 g/mol. The number of nitrogens with zero attached hydrogens (tertiary/aromatic N) is 2. The maximum Gasteiger partial charge on any atom is 0.236 e. The number of carbonyl (C=O) groups is 1. The van der Waals surface area contributed by atoms with Crippen molar-refractivity contribution in [2.24, 2.45) is 0 Å². The standard InChI is InChI=1S/C10H19N3O.C3H8/c1-12-6-7-13(8-10(12)14)9-2-4-11-5-3-9;1-3-2/h9,11H,2-8H2,1H3;3H2,1-2H3. The second kappa shape index (κ2) is 7.67. The Morgan fingerprint density at radius 2 is 1.82 bits per heavy atom. The molecule has 0 bridgehead atoms. The van der Waals surface area contributed by atoms with Crippen molar-refractivity contribution in [1.82, 2.24) is 15.1 Å². The normalized spacial score (nSPS) is 23.2. The van der Waals surface area contributed by atoms with Gasteiger partial charge in [0.05, 0.1) is 6.54 Å². The van der Waals surface area contributed by atoms with E-state index in [1.54, 1.807) is 0 Å². The third-order valence-electron chi connectivity index (χ3n) is 3.31. The van der Waals surface area contributed by atoms with Gasteiger partial charge >= 0.3 is 0 Å². The number of rotatable bonds is 1. The molecule has 4 heteroatoms. The smallest absolute Gasteiger partial charge is 0.236 e. The predicted octanol–water partition coefficient (Wildman–Crippen LogP) is 0.929. The molecule has 0 radical (unpaired) electrons. The molecule has 2 heterocycles. The first-order chi connectivity index (χ1) is 8.19. The Kier molecular flexibility index (Phi) is 6.52. The molecule has 2 fully saturated rings. The van der Waals surface area contributed by atoms with Gasteiger partial charge in [-0.2, -0.15) is 0 Å². The number of amides is 1. The lowest BCUT2D eigenvalue weighted by molar-refractivity contribution is -0.135. The summed E-state index contributed by atoms with van der Waals surface area (Å²) in [5.74, 6) is 0.273. The van der Waals surface area contributed by atoms with Crippen LogP contribution in [0.1, 0.15) is 33.1 Å². The topological polar surface area (TPSA) is 35.6 Å². The van der Waals surface area contributed by atoms with Crippen LogP contribution >= 0.6 is 0 Å². The second-order valence-corrected chi connectivity index (χ2v) is 4.97. The molecule has 4 nitrogen and oxygen atoms in total. The van der Waals surface area contributed by atoms with Gasteiger partial charge in [-0.05, 0) is 25.9 Å². The average Bonchev–Trinajstić information content (AvgIpc) is 2.35. The summed E-state index contributed by atoms with van der Waals surface area (Å²) >= 11 is 0. The number of piperazine rings is 1. The van der Waals surface area contributed by atoms with Crippen LogP contribution in [0.15, 0.2) is 0 Å². The van der Waals surface area contributed by atoms with E-state index in [-0.39, 0.29) is 5.91 Å². The van der Waals surface area contributed by atoms with Gasteiger partial charge in [0.25, 0.3) is 0 Å². The van der Waals surface area contributed by atoms with Crippen LogP contribution in [0, 0.1) is 0 Å². The Morgan fingerprint density at radius 1 is 1.24 bits per heavy atom. The SMILES string of the molecule is CCC.CN1CCN(C2CCNCC2)CC1=O. The first-order valence-corrected chi connectivity index (χ1v) is 6.87. The van der Waals surface area contributed by atoms with Crippen LogP contribution in [0.3, 0.4) is 0 Å². The van der Waals surface area contributed by atoms with E-state index in [1.807, 2.05) is 11.9 Å². The highest BCUT2D eigenvalue weighted by molar-refractivity contribution is 5.78. The Labute approximate surface area is 105 Å². The molecule has 1 amide bonds. The van der Waals surface area contributed by atoms with Crippen molar-refractivity contribution in [1.29, 1.82) is 0 Å². The quantitative estimate of drug-likeness (QED) is 0.742. The molecule has 0 aliphatic carbocycles. The van der Waals surface area contributed by atoms with E-state index in [2.05, 4.69) is 24.1 Å². The lowest BCUT2D eigenvalue weighted by Gasteiger charge is -2.39. The molecule has 1 N–H and O–H groups in total. The van der Waals surface area contributed by atoms with Crippen molar-refractivity contribution in [3.63, 3.8) is 0 Å². The molecule has 2 aliphatic rings. The fraction of sp³-hybridized carbons (Fsp3) is 0.923. The van der Waals surface area contributed by atoms with Crippen molar-refractivity contribution < 1.29 is 4.79 Å². The van der Waals surface area contributed by atoms with E-state index >= 15 is 0 Å². The minimum Gasteiger partial charge on any atom is -0.343 e. The number of carbonyl (C=O) groups excluding carboxylic acids is 1. The molecule has 0 aromatic heterocycles. The van der Waals surface area contributed by atoms with E-state index in [0.29, 0.717) is 12.6 Å². The van der Waals surface area contributed by atoms with Crippen LogP contribution < -0.4 is 5.32 Å². The number of hydrogen-bond acceptors (Lipinski definition) is 3. The van der Waals surface area contributed by atoms with Gasteiger partial charge in [0, 0.05) is 26.2 Å². The molecule has 0 atom stereocenters. The number of nitrogens with one attached hydrogen (secondary N) is 1. The molecule has 2 rings (SSSR count). The maximum absolute atomic E-state index is 11.5. The Morgan fingerprint density at radius 3 is 2.35 bits per heavy atom. The van der Waals surface area contributed by atoms with E-state index in [9.17, 15) is 4.79 Å². The Hall–Kier alpha value is -0.610. The summed E-state index contributed by atoms with van der Waals surface area (Å²) in [4.78, 5) is 15.7. The zero-order valence-corrected chi connectivity index (χ0v) is 11.5. The van der Waals surface area contributed by atoms with Crippen LogP contribution in [0.2, 0.25) is 0 Å². The van der Waals surface area contributed by atoms with Gasteiger partial charge in [-0.3, -0.25) is 9.69 Å². The zero-order valence-electron chi connectivity index (χ0n) is 11.5. The first kappa shape index (κ1) is 14.5. The summed E-state index contributed by atoms with van der Waals surface area (Å²) < 4.78 is 0. The largest absolute Gasteiger partial charge is 0.343 e. The van der Waals surface area contributed by atoms with E-state index in [1.165, 1.54) is 19.3 Å². The first-order valence-electron chi connectivity index (χ1n) is 6.87. The van der Waals surface area contributed by atoms with Gasteiger partial charge in [0.1, 0.15) is 0 Å². The van der Waals surface area contributed by atoms with Crippen molar-refractivity contribution in [2.45, 2.75) is 39.2 Å². The molecule has 0 spiro atoms. The minimum atomic E-state index is 0.273. The van der Waals surface area contributed by atoms with Gasteiger partial charge < -0.3 is 10.2 Å².